The van der Waals surface area contributed by atoms with E-state index < -0.39 is 10.8 Å². The lowest BCUT2D eigenvalue weighted by Crippen LogP contribution is -2.33. The van der Waals surface area contributed by atoms with E-state index in [4.69, 9.17) is 0 Å². The molecule has 2 heterocycles. The largest absolute Gasteiger partial charge is 0.309 e. The molecule has 350 valence electrons. The van der Waals surface area contributed by atoms with E-state index in [1.807, 2.05) is 23.1 Å². The molecule has 0 N–H and O–H groups in total. The van der Waals surface area contributed by atoms with E-state index in [-0.39, 0.29) is 10.8 Å². The molecule has 3 heteroatoms. The topological polar surface area (TPSA) is 3.24 Å². The maximum Gasteiger partial charge on any atom is 0.0736 e. The first-order valence-corrected chi connectivity index (χ1v) is 27.5. The summed E-state index contributed by atoms with van der Waals surface area (Å²) in [6.45, 7) is 14.1. The summed E-state index contributed by atoms with van der Waals surface area (Å²) in [5, 5.41) is 2.58. The highest BCUT2D eigenvalue weighted by Gasteiger charge is 2.53. The monoisotopic (exact) mass is 971 g/mol. The second-order valence-corrected chi connectivity index (χ2v) is 24.9. The molecule has 3 aliphatic carbocycles. The Morgan fingerprint density at radius 3 is 1.23 bits per heavy atom. The van der Waals surface area contributed by atoms with E-state index in [9.17, 15) is 0 Å². The molecule has 0 amide bonds. The molecule has 0 saturated heterocycles. The van der Waals surface area contributed by atoms with Gasteiger partial charge in [0.25, 0.3) is 0 Å². The minimum absolute atomic E-state index is 0.0398. The lowest BCUT2D eigenvalue weighted by molar-refractivity contribution is 0.581. The van der Waals surface area contributed by atoms with Crippen LogP contribution in [0.3, 0.4) is 0 Å². The van der Waals surface area contributed by atoms with Gasteiger partial charge in [-0.15, -0.1) is 11.3 Å². The summed E-state index contributed by atoms with van der Waals surface area (Å²) in [5.74, 6) is 0. The van der Waals surface area contributed by atoms with Crippen LogP contribution in [0.1, 0.15) is 97.2 Å². The van der Waals surface area contributed by atoms with Gasteiger partial charge in [0.15, 0.2) is 0 Å². The van der Waals surface area contributed by atoms with Crippen molar-refractivity contribution in [2.45, 2.75) is 73.0 Å². The molecule has 4 aliphatic rings. The number of anilines is 3. The molecule has 11 aromatic rings. The molecule has 10 aromatic carbocycles. The Morgan fingerprint density at radius 1 is 0.342 bits per heavy atom. The SMILES string of the molecule is CC(C)(C)c1ccc2c(c1)C1(c3cc(C(C)(C)C)ccc3S2)c2ccccc2-c2ccc(N(c3ccc4c(c3)C3(c5ccccc5-c5ccccc53)c3ccccc3-4)c3cccc4c3sc3ccccc34)cc21. The first kappa shape index (κ1) is 43.2. The van der Waals surface area contributed by atoms with E-state index in [1.54, 1.807) is 0 Å². The number of benzene rings is 10. The second kappa shape index (κ2) is 15.1. The van der Waals surface area contributed by atoms with Gasteiger partial charge < -0.3 is 4.90 Å². The van der Waals surface area contributed by atoms with Crippen molar-refractivity contribution in [2.24, 2.45) is 0 Å². The van der Waals surface area contributed by atoms with Crippen LogP contribution in [-0.4, -0.2) is 0 Å². The van der Waals surface area contributed by atoms with Gasteiger partial charge in [-0.25, -0.2) is 0 Å². The zero-order valence-corrected chi connectivity index (χ0v) is 43.6. The molecule has 15 rings (SSSR count). The van der Waals surface area contributed by atoms with Crippen molar-refractivity contribution in [2.75, 3.05) is 4.90 Å². The van der Waals surface area contributed by atoms with Gasteiger partial charge in [0.05, 0.1) is 21.2 Å². The van der Waals surface area contributed by atoms with Crippen LogP contribution in [-0.2, 0) is 21.7 Å². The lowest BCUT2D eigenvalue weighted by atomic mass is 9.65. The Bertz CT molecular complexity index is 4040. The summed E-state index contributed by atoms with van der Waals surface area (Å²) < 4.78 is 2.58. The molecule has 0 fully saturated rings. The molecule has 2 spiro atoms. The first-order chi connectivity index (χ1) is 35.5. The van der Waals surface area contributed by atoms with Crippen molar-refractivity contribution in [3.63, 3.8) is 0 Å². The van der Waals surface area contributed by atoms with Crippen molar-refractivity contribution in [3.8, 4) is 33.4 Å². The Labute approximate surface area is 436 Å². The standard InChI is InChI=1S/C70H53NS2/c1-67(2,3)42-30-36-64-60(38-42)70(61-39-43(68(4,5)6)31-37-65(61)72-64)57-27-15-10-21-49(57)51-35-33-45(41-59(51)70)71(62-28-17-23-53-52-22-11-16-29-63(52)73-66(53)62)44-32-34-50-48-20-9-14-26-56(48)69(58(50)40-44)54-24-12-7-18-46(54)47-19-8-13-25-55(47)69/h7-41H,1-6H3. The van der Waals surface area contributed by atoms with Gasteiger partial charge in [-0.1, -0.05) is 217 Å². The molecular weight excluding hydrogens is 919 g/mol. The minimum Gasteiger partial charge on any atom is -0.309 e. The van der Waals surface area contributed by atoms with E-state index in [2.05, 4.69) is 259 Å². The van der Waals surface area contributed by atoms with Gasteiger partial charge in [-0.05, 0) is 148 Å². The molecule has 0 atom stereocenters. The number of hydrogen-bond acceptors (Lipinski definition) is 3. The highest BCUT2D eigenvalue weighted by molar-refractivity contribution is 7.99. The average molecular weight is 972 g/mol. The predicted octanol–water partition coefficient (Wildman–Crippen LogP) is 19.3. The van der Waals surface area contributed by atoms with Crippen LogP contribution in [0.15, 0.2) is 222 Å². The number of fused-ring (bicyclic) bond motifs is 22. The summed E-state index contributed by atoms with van der Waals surface area (Å²) in [7, 11) is 0. The van der Waals surface area contributed by atoms with Gasteiger partial charge in [-0.3, -0.25) is 0 Å². The van der Waals surface area contributed by atoms with Crippen LogP contribution in [0.4, 0.5) is 17.1 Å². The predicted molar refractivity (Wildman–Crippen MR) is 309 cm³/mol. The van der Waals surface area contributed by atoms with Crippen molar-refractivity contribution in [1.82, 2.24) is 0 Å². The smallest absolute Gasteiger partial charge is 0.0736 e. The summed E-state index contributed by atoms with van der Waals surface area (Å²) in [5.41, 5.74) is 23.7. The molecule has 0 saturated carbocycles. The Balaban J connectivity index is 1.05. The van der Waals surface area contributed by atoms with Gasteiger partial charge in [-0.2, -0.15) is 0 Å². The molecule has 0 unspecified atom stereocenters. The van der Waals surface area contributed by atoms with Crippen LogP contribution in [0.2, 0.25) is 0 Å². The maximum atomic E-state index is 2.61. The fourth-order valence-corrected chi connectivity index (χ4v) is 15.9. The van der Waals surface area contributed by atoms with E-state index >= 15 is 0 Å². The van der Waals surface area contributed by atoms with Crippen molar-refractivity contribution < 1.29 is 0 Å². The van der Waals surface area contributed by atoms with Gasteiger partial charge in [0.2, 0.25) is 0 Å². The molecular formula is C70H53NS2. The van der Waals surface area contributed by atoms with Crippen LogP contribution in [0.5, 0.6) is 0 Å². The van der Waals surface area contributed by atoms with Crippen LogP contribution < -0.4 is 4.90 Å². The van der Waals surface area contributed by atoms with Gasteiger partial charge in [0, 0.05) is 36.6 Å². The van der Waals surface area contributed by atoms with Crippen molar-refractivity contribution in [3.05, 3.63) is 268 Å². The van der Waals surface area contributed by atoms with Crippen LogP contribution >= 0.6 is 23.1 Å². The third-order valence-electron chi connectivity index (χ3n) is 16.9. The summed E-state index contributed by atoms with van der Waals surface area (Å²) in [4.78, 5) is 5.25. The third-order valence-corrected chi connectivity index (χ3v) is 19.2. The molecule has 1 nitrogen and oxygen atoms in total. The maximum absolute atomic E-state index is 2.61. The zero-order valence-electron chi connectivity index (χ0n) is 42.0. The van der Waals surface area contributed by atoms with Crippen LogP contribution in [0.25, 0.3) is 53.6 Å². The first-order valence-electron chi connectivity index (χ1n) is 25.8. The normalized spacial score (nSPS) is 14.9. The Kier molecular flexibility index (Phi) is 8.92. The van der Waals surface area contributed by atoms with Crippen molar-refractivity contribution in [1.29, 1.82) is 0 Å². The molecule has 0 bridgehead atoms. The van der Waals surface area contributed by atoms with Crippen molar-refractivity contribution >= 4 is 60.3 Å². The van der Waals surface area contributed by atoms with Crippen LogP contribution in [0, 0.1) is 0 Å². The van der Waals surface area contributed by atoms with Gasteiger partial charge >= 0.3 is 0 Å². The lowest BCUT2D eigenvalue weighted by Gasteiger charge is -2.41. The van der Waals surface area contributed by atoms with E-state index in [0.29, 0.717) is 0 Å². The minimum atomic E-state index is -0.573. The summed E-state index contributed by atoms with van der Waals surface area (Å²) in [6.07, 6.45) is 0. The highest BCUT2D eigenvalue weighted by atomic mass is 32.2. The van der Waals surface area contributed by atoms with Gasteiger partial charge in [0.1, 0.15) is 0 Å². The quantitative estimate of drug-likeness (QED) is 0.174. The summed E-state index contributed by atoms with van der Waals surface area (Å²) >= 11 is 3.84. The van der Waals surface area contributed by atoms with E-state index in [1.165, 1.54) is 125 Å². The zero-order chi connectivity index (χ0) is 49.2. The second-order valence-electron chi connectivity index (χ2n) is 22.8. The summed E-state index contributed by atoms with van der Waals surface area (Å²) in [6, 6.07) is 82.2. The molecule has 1 aliphatic heterocycles. The Morgan fingerprint density at radius 2 is 0.753 bits per heavy atom. The number of thiophene rings is 1. The Hall–Kier alpha value is -7.43. The van der Waals surface area contributed by atoms with E-state index in [0.717, 1.165) is 11.4 Å². The number of hydrogen-bond donors (Lipinski definition) is 0. The molecule has 73 heavy (non-hydrogen) atoms. The average Bonchev–Trinajstić information content (AvgIpc) is 4.11. The number of rotatable bonds is 3. The molecule has 0 radical (unpaired) electrons. The highest BCUT2D eigenvalue weighted by Crippen LogP contribution is 2.66. The fraction of sp³-hybridized carbons (Fsp3) is 0.143. The third kappa shape index (κ3) is 5.76. The molecule has 1 aromatic heterocycles. The fourth-order valence-electron chi connectivity index (χ4n) is 13.6. The number of nitrogens with zero attached hydrogens (tertiary/aromatic N) is 1.